The van der Waals surface area contributed by atoms with Crippen molar-refractivity contribution in [2.45, 2.75) is 37.6 Å². The molecule has 2 rings (SSSR count). The SMILES string of the molecule is NC(=O)c1ccsc1NC(=O)CC1(N)CCCC1. The highest BCUT2D eigenvalue weighted by atomic mass is 32.1. The standard InChI is InChI=1S/C12H17N3O2S/c13-10(17)8-3-6-18-11(8)15-9(16)7-12(14)4-1-2-5-12/h3,6H,1-2,4-5,7,14H2,(H2,13,17)(H,15,16). The molecule has 2 amide bonds. The summed E-state index contributed by atoms with van der Waals surface area (Å²) in [7, 11) is 0. The van der Waals surface area contributed by atoms with Gasteiger partial charge in [-0.3, -0.25) is 9.59 Å². The summed E-state index contributed by atoms with van der Waals surface area (Å²) >= 11 is 1.29. The topological polar surface area (TPSA) is 98.2 Å². The van der Waals surface area contributed by atoms with Gasteiger partial charge in [-0.1, -0.05) is 12.8 Å². The van der Waals surface area contributed by atoms with Crippen molar-refractivity contribution in [3.63, 3.8) is 0 Å². The molecule has 0 aliphatic heterocycles. The van der Waals surface area contributed by atoms with Gasteiger partial charge < -0.3 is 16.8 Å². The Bertz CT molecular complexity index is 464. The predicted molar refractivity (Wildman–Crippen MR) is 71.5 cm³/mol. The lowest BCUT2D eigenvalue weighted by molar-refractivity contribution is -0.117. The molecule has 0 unspecified atom stereocenters. The number of nitrogens with one attached hydrogen (secondary N) is 1. The monoisotopic (exact) mass is 267 g/mol. The van der Waals surface area contributed by atoms with Gasteiger partial charge >= 0.3 is 0 Å². The van der Waals surface area contributed by atoms with Crippen LogP contribution >= 0.6 is 11.3 Å². The number of nitrogens with two attached hydrogens (primary N) is 2. The van der Waals surface area contributed by atoms with Gasteiger partial charge in [0.1, 0.15) is 5.00 Å². The van der Waals surface area contributed by atoms with Crippen molar-refractivity contribution in [1.29, 1.82) is 0 Å². The molecule has 5 N–H and O–H groups in total. The third-order valence-corrected chi connectivity index (χ3v) is 4.13. The molecule has 0 atom stereocenters. The molecule has 0 saturated heterocycles. The van der Waals surface area contributed by atoms with Gasteiger partial charge in [0, 0.05) is 12.0 Å². The van der Waals surface area contributed by atoms with Gasteiger partial charge in [0.05, 0.1) is 5.56 Å². The van der Waals surface area contributed by atoms with E-state index >= 15 is 0 Å². The Balaban J connectivity index is 1.99. The largest absolute Gasteiger partial charge is 0.366 e. The molecule has 18 heavy (non-hydrogen) atoms. The minimum absolute atomic E-state index is 0.149. The summed E-state index contributed by atoms with van der Waals surface area (Å²) < 4.78 is 0. The first-order valence-corrected chi connectivity index (χ1v) is 6.84. The number of carbonyl (C=O) groups is 2. The molecule has 1 saturated carbocycles. The number of rotatable bonds is 4. The van der Waals surface area contributed by atoms with Crippen LogP contribution in [0.25, 0.3) is 0 Å². The van der Waals surface area contributed by atoms with Gasteiger partial charge in [-0.25, -0.2) is 0 Å². The number of hydrogen-bond acceptors (Lipinski definition) is 4. The van der Waals surface area contributed by atoms with E-state index in [1.807, 2.05) is 0 Å². The maximum absolute atomic E-state index is 11.9. The summed E-state index contributed by atoms with van der Waals surface area (Å²) in [6.45, 7) is 0. The lowest BCUT2D eigenvalue weighted by Gasteiger charge is -2.22. The van der Waals surface area contributed by atoms with Gasteiger partial charge in [-0.15, -0.1) is 11.3 Å². The van der Waals surface area contributed by atoms with Gasteiger partial charge in [-0.2, -0.15) is 0 Å². The zero-order valence-electron chi connectivity index (χ0n) is 10.1. The first-order chi connectivity index (χ1) is 8.50. The van der Waals surface area contributed by atoms with Gasteiger partial charge in [0.2, 0.25) is 5.91 Å². The molecule has 1 heterocycles. The normalized spacial score (nSPS) is 17.6. The molecular weight excluding hydrogens is 250 g/mol. The summed E-state index contributed by atoms with van der Waals surface area (Å²) in [5, 5.41) is 4.96. The van der Waals surface area contributed by atoms with Crippen LogP contribution in [0.3, 0.4) is 0 Å². The Hall–Kier alpha value is -1.40. The van der Waals surface area contributed by atoms with Crippen LogP contribution in [-0.4, -0.2) is 17.4 Å². The van der Waals surface area contributed by atoms with Crippen LogP contribution in [0.5, 0.6) is 0 Å². The van der Waals surface area contributed by atoms with Gasteiger partial charge in [0.15, 0.2) is 0 Å². The van der Waals surface area contributed by atoms with Crippen LogP contribution in [0.15, 0.2) is 11.4 Å². The summed E-state index contributed by atoms with van der Waals surface area (Å²) in [4.78, 5) is 23.0. The number of anilines is 1. The Morgan fingerprint density at radius 3 is 2.67 bits per heavy atom. The van der Waals surface area contributed by atoms with Crippen LogP contribution in [0.4, 0.5) is 5.00 Å². The number of thiophene rings is 1. The van der Waals surface area contributed by atoms with Crippen LogP contribution in [0.2, 0.25) is 0 Å². The van der Waals surface area contributed by atoms with Crippen molar-refractivity contribution in [2.24, 2.45) is 11.5 Å². The molecule has 1 aromatic rings. The van der Waals surface area contributed by atoms with Crippen molar-refractivity contribution >= 4 is 28.2 Å². The highest BCUT2D eigenvalue weighted by Crippen LogP contribution is 2.31. The molecule has 1 aliphatic rings. The Kier molecular flexibility index (Phi) is 3.68. The summed E-state index contributed by atoms with van der Waals surface area (Å²) in [5.74, 6) is -0.681. The summed E-state index contributed by atoms with van der Waals surface area (Å²) in [6.07, 6.45) is 4.22. The third-order valence-electron chi connectivity index (χ3n) is 3.30. The average molecular weight is 267 g/mol. The lowest BCUT2D eigenvalue weighted by atomic mass is 9.94. The molecule has 0 aromatic carbocycles. The maximum Gasteiger partial charge on any atom is 0.251 e. The fourth-order valence-electron chi connectivity index (χ4n) is 2.35. The smallest absolute Gasteiger partial charge is 0.251 e. The van der Waals surface area contributed by atoms with Gasteiger partial charge in [0.25, 0.3) is 5.91 Å². The second-order valence-electron chi connectivity index (χ2n) is 4.82. The summed E-state index contributed by atoms with van der Waals surface area (Å²) in [5.41, 5.74) is 11.3. The molecule has 1 aliphatic carbocycles. The zero-order valence-corrected chi connectivity index (χ0v) is 10.9. The first kappa shape index (κ1) is 13.0. The van der Waals surface area contributed by atoms with E-state index in [1.54, 1.807) is 11.4 Å². The minimum atomic E-state index is -0.533. The number of carbonyl (C=O) groups excluding carboxylic acids is 2. The van der Waals surface area contributed by atoms with Gasteiger partial charge in [-0.05, 0) is 24.3 Å². The minimum Gasteiger partial charge on any atom is -0.366 e. The lowest BCUT2D eigenvalue weighted by Crippen LogP contribution is -2.40. The first-order valence-electron chi connectivity index (χ1n) is 5.96. The number of amides is 2. The fraction of sp³-hybridized carbons (Fsp3) is 0.500. The van der Waals surface area contributed by atoms with Crippen LogP contribution < -0.4 is 16.8 Å². The second-order valence-corrected chi connectivity index (χ2v) is 5.74. The van der Waals surface area contributed by atoms with E-state index in [0.717, 1.165) is 25.7 Å². The average Bonchev–Trinajstić information content (AvgIpc) is 2.87. The fourth-order valence-corrected chi connectivity index (χ4v) is 3.16. The molecule has 0 radical (unpaired) electrons. The van der Waals surface area contributed by atoms with E-state index in [-0.39, 0.29) is 11.4 Å². The number of primary amides is 1. The Morgan fingerprint density at radius 2 is 2.06 bits per heavy atom. The second kappa shape index (κ2) is 5.07. The van der Waals surface area contributed by atoms with E-state index < -0.39 is 5.91 Å². The third kappa shape index (κ3) is 2.88. The van der Waals surface area contributed by atoms with Crippen LogP contribution in [-0.2, 0) is 4.79 Å². The predicted octanol–water partition coefficient (Wildman–Crippen LogP) is 1.45. The highest BCUT2D eigenvalue weighted by molar-refractivity contribution is 7.14. The van der Waals surface area contributed by atoms with Crippen molar-refractivity contribution in [2.75, 3.05) is 5.32 Å². The quantitative estimate of drug-likeness (QED) is 0.770. The Labute approximate surface area is 110 Å². The van der Waals surface area contributed by atoms with Crippen molar-refractivity contribution in [3.8, 4) is 0 Å². The molecule has 1 aromatic heterocycles. The molecular formula is C12H17N3O2S. The van der Waals surface area contributed by atoms with E-state index in [4.69, 9.17) is 11.5 Å². The molecule has 1 fully saturated rings. The van der Waals surface area contributed by atoms with Crippen LogP contribution in [0.1, 0.15) is 42.5 Å². The van der Waals surface area contributed by atoms with Crippen LogP contribution in [0, 0.1) is 0 Å². The molecule has 98 valence electrons. The summed E-state index contributed by atoms with van der Waals surface area (Å²) in [6, 6.07) is 1.61. The number of hydrogen-bond donors (Lipinski definition) is 3. The Morgan fingerprint density at radius 1 is 1.39 bits per heavy atom. The molecule has 5 nitrogen and oxygen atoms in total. The molecule has 6 heteroatoms. The van der Waals surface area contributed by atoms with Crippen molar-refractivity contribution < 1.29 is 9.59 Å². The van der Waals surface area contributed by atoms with E-state index in [9.17, 15) is 9.59 Å². The molecule has 0 bridgehead atoms. The van der Waals surface area contributed by atoms with E-state index in [0.29, 0.717) is 17.0 Å². The van der Waals surface area contributed by atoms with Crippen molar-refractivity contribution in [1.82, 2.24) is 0 Å². The van der Waals surface area contributed by atoms with E-state index in [2.05, 4.69) is 5.32 Å². The van der Waals surface area contributed by atoms with Crippen molar-refractivity contribution in [3.05, 3.63) is 17.0 Å². The van der Waals surface area contributed by atoms with E-state index in [1.165, 1.54) is 11.3 Å². The zero-order chi connectivity index (χ0) is 13.2. The maximum atomic E-state index is 11.9. The highest BCUT2D eigenvalue weighted by Gasteiger charge is 2.31. The molecule has 0 spiro atoms.